The lowest BCUT2D eigenvalue weighted by molar-refractivity contribution is -0.114. The Bertz CT molecular complexity index is 1150. The molecule has 0 saturated carbocycles. The minimum Gasteiger partial charge on any atom is -0.324 e. The van der Waals surface area contributed by atoms with Crippen molar-refractivity contribution in [3.05, 3.63) is 90.0 Å². The van der Waals surface area contributed by atoms with Crippen LogP contribution in [0.15, 0.2) is 83.8 Å². The van der Waals surface area contributed by atoms with Crippen molar-refractivity contribution in [1.82, 2.24) is 4.31 Å². The van der Waals surface area contributed by atoms with Crippen LogP contribution in [0.2, 0.25) is 0 Å². The van der Waals surface area contributed by atoms with Crippen LogP contribution in [0.1, 0.15) is 11.1 Å². The van der Waals surface area contributed by atoms with Crippen LogP contribution >= 0.6 is 11.8 Å². The summed E-state index contributed by atoms with van der Waals surface area (Å²) in [5.41, 5.74) is 3.17. The zero-order valence-corrected chi connectivity index (χ0v) is 20.0. The number of aryl methyl sites for hydroxylation is 1. The second kappa shape index (κ2) is 10.7. The number of para-hydroxylation sites is 1. The Labute approximate surface area is 194 Å². The average Bonchev–Trinajstić information content (AvgIpc) is 2.79. The van der Waals surface area contributed by atoms with E-state index >= 15 is 0 Å². The molecule has 1 amide bonds. The van der Waals surface area contributed by atoms with E-state index in [4.69, 9.17) is 0 Å². The first kappa shape index (κ1) is 23.8. The molecule has 0 radical (unpaired) electrons. The van der Waals surface area contributed by atoms with E-state index in [2.05, 4.69) is 17.4 Å². The summed E-state index contributed by atoms with van der Waals surface area (Å²) in [6, 6.07) is 24.7. The van der Waals surface area contributed by atoms with E-state index in [1.165, 1.54) is 19.0 Å². The van der Waals surface area contributed by atoms with Crippen molar-refractivity contribution >= 4 is 39.3 Å². The van der Waals surface area contributed by atoms with Crippen LogP contribution in [-0.2, 0) is 20.8 Å². The molecule has 0 aliphatic heterocycles. The van der Waals surface area contributed by atoms with Crippen LogP contribution in [0.4, 0.5) is 11.4 Å². The monoisotopic (exact) mass is 469 g/mol. The third kappa shape index (κ3) is 6.12. The summed E-state index contributed by atoms with van der Waals surface area (Å²) >= 11 is 1.75. The molecule has 6 nitrogen and oxygen atoms in total. The molecule has 0 aliphatic rings. The van der Waals surface area contributed by atoms with Crippen molar-refractivity contribution in [3.63, 3.8) is 0 Å². The van der Waals surface area contributed by atoms with Gasteiger partial charge >= 0.3 is 10.2 Å². The molecule has 0 atom stereocenters. The van der Waals surface area contributed by atoms with Gasteiger partial charge in [0, 0.05) is 30.4 Å². The van der Waals surface area contributed by atoms with E-state index in [0.717, 1.165) is 25.5 Å². The maximum absolute atomic E-state index is 12.8. The molecule has 0 heterocycles. The number of hydrogen-bond donors (Lipinski definition) is 1. The summed E-state index contributed by atoms with van der Waals surface area (Å²) < 4.78 is 27.8. The number of carbonyl (C=O) groups is 1. The van der Waals surface area contributed by atoms with Gasteiger partial charge in [-0.3, -0.25) is 4.79 Å². The van der Waals surface area contributed by atoms with Gasteiger partial charge in [0.15, 0.2) is 0 Å². The van der Waals surface area contributed by atoms with Crippen LogP contribution in [0.5, 0.6) is 0 Å². The first-order valence-corrected chi connectivity index (χ1v) is 12.5. The minimum atomic E-state index is -3.83. The van der Waals surface area contributed by atoms with E-state index in [-0.39, 0.29) is 6.54 Å². The van der Waals surface area contributed by atoms with Gasteiger partial charge < -0.3 is 5.32 Å². The van der Waals surface area contributed by atoms with Crippen molar-refractivity contribution in [1.29, 1.82) is 0 Å². The number of nitrogens with zero attached hydrogens (tertiary/aromatic N) is 2. The summed E-state index contributed by atoms with van der Waals surface area (Å²) in [6.45, 7) is 1.60. The second-order valence-electron chi connectivity index (χ2n) is 7.43. The Morgan fingerprint density at radius 2 is 1.56 bits per heavy atom. The topological polar surface area (TPSA) is 69.7 Å². The van der Waals surface area contributed by atoms with E-state index in [1.54, 1.807) is 42.1 Å². The highest BCUT2D eigenvalue weighted by atomic mass is 32.2. The van der Waals surface area contributed by atoms with Crippen molar-refractivity contribution in [3.8, 4) is 0 Å². The number of thioether (sulfide) groups is 1. The van der Waals surface area contributed by atoms with Crippen molar-refractivity contribution in [2.24, 2.45) is 0 Å². The van der Waals surface area contributed by atoms with E-state index in [9.17, 15) is 13.2 Å². The molecular formula is C24H27N3O3S2. The third-order valence-electron chi connectivity index (χ3n) is 4.78. The van der Waals surface area contributed by atoms with Gasteiger partial charge in [0.05, 0.1) is 5.69 Å². The Kier molecular flexibility index (Phi) is 7.95. The lowest BCUT2D eigenvalue weighted by Gasteiger charge is -2.27. The fourth-order valence-electron chi connectivity index (χ4n) is 3.06. The number of amides is 1. The maximum atomic E-state index is 12.8. The lowest BCUT2D eigenvalue weighted by Crippen LogP contribution is -2.44. The normalized spacial score (nSPS) is 11.4. The van der Waals surface area contributed by atoms with E-state index < -0.39 is 16.1 Å². The molecule has 0 aromatic heterocycles. The molecule has 32 heavy (non-hydrogen) atoms. The van der Waals surface area contributed by atoms with Gasteiger partial charge in [-0.05, 0) is 48.4 Å². The number of nitrogens with one attached hydrogen (secondary N) is 1. The zero-order valence-electron chi connectivity index (χ0n) is 18.4. The molecule has 3 aromatic carbocycles. The summed E-state index contributed by atoms with van der Waals surface area (Å²) in [5, 5.41) is 2.85. The average molecular weight is 470 g/mol. The first-order valence-electron chi connectivity index (χ1n) is 10.1. The molecule has 0 bridgehead atoms. The molecular weight excluding hydrogens is 442 g/mol. The standard InChI is InChI=1S/C24H27N3O3S2/c1-19-16-20(18-31-22-12-8-5-9-13-22)14-15-23(19)25-24(28)17-27(32(29,30)26(2)3)21-10-6-4-7-11-21/h4-16H,17-18H2,1-3H3,(H,25,28). The fourth-order valence-corrected chi connectivity index (χ4v) is 4.98. The van der Waals surface area contributed by atoms with Crippen molar-refractivity contribution < 1.29 is 13.2 Å². The Balaban J connectivity index is 1.70. The van der Waals surface area contributed by atoms with Gasteiger partial charge in [0.1, 0.15) is 6.54 Å². The minimum absolute atomic E-state index is 0.324. The van der Waals surface area contributed by atoms with Crippen LogP contribution in [0.3, 0.4) is 0 Å². The molecule has 1 N–H and O–H groups in total. The number of benzene rings is 3. The molecule has 0 spiro atoms. The fraction of sp³-hybridized carbons (Fsp3) is 0.208. The van der Waals surface area contributed by atoms with Crippen LogP contribution in [-0.4, -0.2) is 39.3 Å². The van der Waals surface area contributed by atoms with E-state index in [1.807, 2.05) is 43.3 Å². The number of anilines is 2. The summed E-state index contributed by atoms with van der Waals surface area (Å²) in [4.78, 5) is 14.0. The predicted molar refractivity (Wildman–Crippen MR) is 132 cm³/mol. The zero-order chi connectivity index (χ0) is 23.1. The highest BCUT2D eigenvalue weighted by Crippen LogP contribution is 2.25. The van der Waals surface area contributed by atoms with Crippen LogP contribution < -0.4 is 9.62 Å². The smallest absolute Gasteiger partial charge is 0.304 e. The summed E-state index contributed by atoms with van der Waals surface area (Å²) in [5.74, 6) is 0.413. The second-order valence-corrected chi connectivity index (χ2v) is 10.5. The summed E-state index contributed by atoms with van der Waals surface area (Å²) in [6.07, 6.45) is 0. The van der Waals surface area contributed by atoms with Gasteiger partial charge in [-0.2, -0.15) is 12.7 Å². The SMILES string of the molecule is Cc1cc(CSc2ccccc2)ccc1NC(=O)CN(c1ccccc1)S(=O)(=O)N(C)C. The van der Waals surface area contributed by atoms with Crippen LogP contribution in [0.25, 0.3) is 0 Å². The number of carbonyl (C=O) groups excluding carboxylic acids is 1. The van der Waals surface area contributed by atoms with Crippen LogP contribution in [0, 0.1) is 6.92 Å². The van der Waals surface area contributed by atoms with Crippen molar-refractivity contribution in [2.75, 3.05) is 30.3 Å². The predicted octanol–water partition coefficient (Wildman–Crippen LogP) is 4.54. The molecule has 0 unspecified atom stereocenters. The van der Waals surface area contributed by atoms with Gasteiger partial charge in [-0.25, -0.2) is 4.31 Å². The molecule has 3 rings (SSSR count). The maximum Gasteiger partial charge on any atom is 0.304 e. The first-order chi connectivity index (χ1) is 15.3. The lowest BCUT2D eigenvalue weighted by atomic mass is 10.1. The van der Waals surface area contributed by atoms with Crippen molar-refractivity contribution in [2.45, 2.75) is 17.6 Å². The third-order valence-corrected chi connectivity index (χ3v) is 7.69. The summed E-state index contributed by atoms with van der Waals surface area (Å²) in [7, 11) is -0.939. The molecule has 0 fully saturated rings. The van der Waals surface area contributed by atoms with Gasteiger partial charge in [-0.15, -0.1) is 11.8 Å². The molecule has 0 saturated heterocycles. The molecule has 3 aromatic rings. The van der Waals surface area contributed by atoms with Gasteiger partial charge in [0.2, 0.25) is 5.91 Å². The molecule has 0 aliphatic carbocycles. The molecule has 168 valence electrons. The quantitative estimate of drug-likeness (QED) is 0.467. The highest BCUT2D eigenvalue weighted by Gasteiger charge is 2.27. The Hall–Kier alpha value is -2.81. The Morgan fingerprint density at radius 1 is 0.938 bits per heavy atom. The van der Waals surface area contributed by atoms with E-state index in [0.29, 0.717) is 11.4 Å². The Morgan fingerprint density at radius 3 is 2.16 bits per heavy atom. The van der Waals surface area contributed by atoms with Gasteiger partial charge in [0.25, 0.3) is 0 Å². The largest absolute Gasteiger partial charge is 0.324 e. The molecule has 8 heteroatoms. The highest BCUT2D eigenvalue weighted by molar-refractivity contribution is 7.98. The number of rotatable bonds is 9. The number of hydrogen-bond acceptors (Lipinski definition) is 4. The van der Waals surface area contributed by atoms with Gasteiger partial charge in [-0.1, -0.05) is 48.5 Å².